The first-order chi connectivity index (χ1) is 36.8. The van der Waals surface area contributed by atoms with Gasteiger partial charge in [-0.1, -0.05) is 37.1 Å². The molecule has 6 aromatic heterocycles. The van der Waals surface area contributed by atoms with Crippen molar-refractivity contribution in [1.29, 1.82) is 0 Å². The molecule has 77 heavy (non-hydrogen) atoms. The van der Waals surface area contributed by atoms with Crippen molar-refractivity contribution in [2.45, 2.75) is 103 Å². The molecule has 16 nitrogen and oxygen atoms in total. The maximum Gasteiger partial charge on any atom is 0.407 e. The Bertz CT molecular complexity index is 3420. The molecule has 400 valence electrons. The van der Waals surface area contributed by atoms with Gasteiger partial charge in [-0.05, 0) is 106 Å². The molecule has 3 N–H and O–H groups in total. The highest BCUT2D eigenvalue weighted by atomic mass is 19.3. The summed E-state index contributed by atoms with van der Waals surface area (Å²) in [6.45, 7) is -0.578. The Hall–Kier alpha value is -8.27. The van der Waals surface area contributed by atoms with Crippen molar-refractivity contribution >= 4 is 39.7 Å². The molecular weight excluding hydrogens is 1010 g/mol. The SMILES string of the molecule is CC(C)(C)OC(=O)N[C@H]1CCC[C@H]1CC(=O)c1cnc2c(-c3cccc(OC(F)F)c3)cn(-c3ncc(F)cn3)c2c1.N[C@H]1CCC[C@H]1CC(=O)c1cnc2c(-c3cccc(OC(F)F)c3)cn(-c3ncc(F)cn3)c2c1. The molecule has 1 amide bonds. The van der Waals surface area contributed by atoms with Gasteiger partial charge in [0.1, 0.15) is 17.1 Å². The number of alkyl carbamates (subject to hydrolysis) is 1. The van der Waals surface area contributed by atoms with Crippen LogP contribution in [0.1, 0.15) is 92.9 Å². The number of nitrogens with one attached hydrogen (secondary N) is 1. The summed E-state index contributed by atoms with van der Waals surface area (Å²) < 4.78 is 95.8. The molecule has 2 aliphatic rings. The van der Waals surface area contributed by atoms with E-state index in [2.05, 4.69) is 44.7 Å². The summed E-state index contributed by atoms with van der Waals surface area (Å²) >= 11 is 0. The number of pyridine rings is 2. The third-order valence-electron chi connectivity index (χ3n) is 13.3. The molecule has 6 heterocycles. The minimum atomic E-state index is -2.99. The number of nitrogens with zero attached hydrogens (tertiary/aromatic N) is 8. The smallest absolute Gasteiger partial charge is 0.407 e. The second-order valence-corrected chi connectivity index (χ2v) is 19.8. The zero-order valence-corrected chi connectivity index (χ0v) is 41.9. The van der Waals surface area contributed by atoms with Crippen LogP contribution in [0.15, 0.2) is 110 Å². The molecule has 8 aromatic rings. The Balaban J connectivity index is 0.000000191. The normalized spacial score (nSPS) is 17.4. The van der Waals surface area contributed by atoms with E-state index in [1.54, 1.807) is 78.7 Å². The van der Waals surface area contributed by atoms with E-state index >= 15 is 0 Å². The third kappa shape index (κ3) is 12.9. The summed E-state index contributed by atoms with van der Waals surface area (Å²) in [6, 6.07) is 15.5. The number of rotatable bonds is 15. The van der Waals surface area contributed by atoms with Crippen molar-refractivity contribution in [3.05, 3.63) is 133 Å². The quantitative estimate of drug-likeness (QED) is 0.0725. The van der Waals surface area contributed by atoms with Crippen molar-refractivity contribution in [2.24, 2.45) is 17.6 Å². The van der Waals surface area contributed by atoms with Gasteiger partial charge in [-0.15, -0.1) is 0 Å². The zero-order valence-electron chi connectivity index (χ0n) is 41.9. The van der Waals surface area contributed by atoms with Crippen molar-refractivity contribution in [2.75, 3.05) is 0 Å². The Labute approximate surface area is 437 Å². The van der Waals surface area contributed by atoms with E-state index in [9.17, 15) is 40.7 Å². The average molecular weight is 1060 g/mol. The van der Waals surface area contributed by atoms with Crippen LogP contribution < -0.4 is 20.5 Å². The van der Waals surface area contributed by atoms with Crippen molar-refractivity contribution in [3.8, 4) is 45.6 Å². The van der Waals surface area contributed by atoms with Crippen LogP contribution in [0.3, 0.4) is 0 Å². The Morgan fingerprint density at radius 1 is 0.636 bits per heavy atom. The van der Waals surface area contributed by atoms with E-state index < -0.39 is 36.6 Å². The zero-order chi connectivity index (χ0) is 54.5. The number of aromatic nitrogens is 8. The molecule has 22 heteroatoms. The number of carbonyl (C=O) groups excluding carboxylic acids is 3. The van der Waals surface area contributed by atoms with E-state index in [-0.39, 0.29) is 65.3 Å². The molecule has 10 rings (SSSR count). The number of halogens is 6. The largest absolute Gasteiger partial charge is 0.444 e. The molecule has 0 bridgehead atoms. The van der Waals surface area contributed by atoms with Gasteiger partial charge in [0.05, 0.1) is 46.9 Å². The second-order valence-electron chi connectivity index (χ2n) is 19.8. The van der Waals surface area contributed by atoms with Gasteiger partial charge in [0, 0.05) is 72.0 Å². The summed E-state index contributed by atoms with van der Waals surface area (Å²) in [5.41, 5.74) is 10.5. The molecule has 2 aromatic carbocycles. The number of carbonyl (C=O) groups is 3. The van der Waals surface area contributed by atoms with Crippen molar-refractivity contribution in [3.63, 3.8) is 0 Å². The predicted molar refractivity (Wildman–Crippen MR) is 271 cm³/mol. The number of fused-ring (bicyclic) bond motifs is 2. The number of hydrogen-bond acceptors (Lipinski definition) is 13. The van der Waals surface area contributed by atoms with Gasteiger partial charge in [0.25, 0.3) is 0 Å². The molecular formula is C55H52F6N10O6. The summed E-state index contributed by atoms with van der Waals surface area (Å²) in [6.07, 6.45) is 15.7. The fraction of sp³-hybridized carbons (Fsp3) is 0.327. The number of ether oxygens (including phenoxy) is 3. The molecule has 2 saturated carbocycles. The first-order valence-electron chi connectivity index (χ1n) is 24.8. The second kappa shape index (κ2) is 22.9. The van der Waals surface area contributed by atoms with Crippen LogP contribution in [0.25, 0.3) is 56.2 Å². The fourth-order valence-corrected chi connectivity index (χ4v) is 9.77. The lowest BCUT2D eigenvalue weighted by molar-refractivity contribution is -0.0505. The number of benzene rings is 2. The number of alkyl halides is 4. The highest BCUT2D eigenvalue weighted by Crippen LogP contribution is 2.37. The summed E-state index contributed by atoms with van der Waals surface area (Å²) in [5.74, 6) is -1.09. The molecule has 2 fully saturated rings. The predicted octanol–water partition coefficient (Wildman–Crippen LogP) is 11.4. The molecule has 0 aliphatic heterocycles. The van der Waals surface area contributed by atoms with Crippen LogP contribution in [-0.4, -0.2) is 87.6 Å². The van der Waals surface area contributed by atoms with Gasteiger partial charge in [-0.25, -0.2) is 33.5 Å². The molecule has 0 saturated heterocycles. The lowest BCUT2D eigenvalue weighted by Gasteiger charge is -2.24. The number of nitrogens with two attached hydrogens (primary N) is 1. The van der Waals surface area contributed by atoms with Gasteiger partial charge in [-0.2, -0.15) is 17.6 Å². The maximum absolute atomic E-state index is 13.6. The van der Waals surface area contributed by atoms with E-state index in [1.807, 2.05) is 0 Å². The maximum atomic E-state index is 13.6. The number of Topliss-reactive ketones (excluding diaryl/α,β-unsaturated/α-hetero) is 2. The molecule has 0 unspecified atom stereocenters. The fourth-order valence-electron chi connectivity index (χ4n) is 9.77. The van der Waals surface area contributed by atoms with Crippen LogP contribution in [0.2, 0.25) is 0 Å². The molecule has 2 aliphatic carbocycles. The monoisotopic (exact) mass is 1060 g/mol. The number of ketones is 2. The minimum Gasteiger partial charge on any atom is -0.444 e. The molecule has 4 atom stereocenters. The average Bonchev–Trinajstić information content (AvgIpc) is 4.26. The Morgan fingerprint density at radius 2 is 1.09 bits per heavy atom. The van der Waals surface area contributed by atoms with Crippen molar-refractivity contribution < 1.29 is 54.9 Å². The van der Waals surface area contributed by atoms with Crippen LogP contribution in [0.5, 0.6) is 11.5 Å². The summed E-state index contributed by atoms with van der Waals surface area (Å²) in [7, 11) is 0. The number of amides is 1. The Morgan fingerprint density at radius 3 is 1.53 bits per heavy atom. The van der Waals surface area contributed by atoms with E-state index in [0.29, 0.717) is 61.9 Å². The van der Waals surface area contributed by atoms with Crippen LogP contribution in [0.4, 0.5) is 31.1 Å². The first kappa shape index (κ1) is 53.6. The lowest BCUT2D eigenvalue weighted by atomic mass is 9.94. The number of hydrogen-bond donors (Lipinski definition) is 2. The minimum absolute atomic E-state index is 0.00358. The van der Waals surface area contributed by atoms with E-state index in [4.69, 9.17) is 10.5 Å². The molecule has 0 radical (unpaired) electrons. The van der Waals surface area contributed by atoms with Gasteiger partial charge < -0.3 is 25.3 Å². The summed E-state index contributed by atoms with van der Waals surface area (Å²) in [4.78, 5) is 64.2. The van der Waals surface area contributed by atoms with Crippen LogP contribution in [0, 0.1) is 23.5 Å². The standard InChI is InChI=1S/C30H30F3N5O4.C25H22F3N5O2/c1-30(2,3)42-29(40)37-23-9-5-7-18(23)12-25(39)19-11-24-26(34-13-19)22(16-38(24)28-35-14-20(31)15-36-28)17-6-4-8-21(10-17)41-27(32)33;26-17-11-31-25(32-12-17)33-13-19(14-3-1-5-18(7-14)35-24(27)28)23-21(33)8-16(10-30-23)22(34)9-15-4-2-6-20(15)29/h4,6,8,10-11,13-16,18,23,27H,5,7,9,12H2,1-3H3,(H,37,40);1,3,5,7-8,10-13,15,20,24H,2,4,6,9,29H2/t18-,23-;15-,20-/m00/s1. The molecule has 0 spiro atoms. The lowest BCUT2D eigenvalue weighted by Crippen LogP contribution is -2.41. The van der Waals surface area contributed by atoms with Gasteiger partial charge in [0.15, 0.2) is 23.2 Å². The van der Waals surface area contributed by atoms with Gasteiger partial charge >= 0.3 is 19.3 Å². The topological polar surface area (TPSA) is 204 Å². The Kier molecular flexibility index (Phi) is 15.9. The first-order valence-corrected chi connectivity index (χ1v) is 24.8. The van der Waals surface area contributed by atoms with Gasteiger partial charge in [-0.3, -0.25) is 28.7 Å². The highest BCUT2D eigenvalue weighted by Gasteiger charge is 2.33. The van der Waals surface area contributed by atoms with Crippen LogP contribution in [-0.2, 0) is 4.74 Å². The van der Waals surface area contributed by atoms with Crippen molar-refractivity contribution in [1.82, 2.24) is 44.4 Å². The van der Waals surface area contributed by atoms with Crippen LogP contribution >= 0.6 is 0 Å². The van der Waals surface area contributed by atoms with Gasteiger partial charge in [0.2, 0.25) is 11.9 Å². The van der Waals surface area contributed by atoms with E-state index in [1.165, 1.54) is 36.7 Å². The van der Waals surface area contributed by atoms with E-state index in [0.717, 1.165) is 63.3 Å². The summed E-state index contributed by atoms with van der Waals surface area (Å²) in [5, 5.41) is 2.91. The highest BCUT2D eigenvalue weighted by molar-refractivity contribution is 6.03. The third-order valence-corrected chi connectivity index (χ3v) is 13.3.